The van der Waals surface area contributed by atoms with Crippen molar-refractivity contribution in [3.63, 3.8) is 0 Å². The molecule has 0 bridgehead atoms. The number of benzene rings is 1. The number of nitrogens with zero attached hydrogens (tertiary/aromatic N) is 1. The third-order valence-electron chi connectivity index (χ3n) is 3.22. The van der Waals surface area contributed by atoms with E-state index in [1.165, 1.54) is 4.90 Å². The van der Waals surface area contributed by atoms with Gasteiger partial charge >= 0.3 is 0 Å². The number of aliphatic hydroxyl groups is 1. The molecule has 132 valence electrons. The molecular formula is C22H21NO3. The van der Waals surface area contributed by atoms with Gasteiger partial charge in [0.1, 0.15) is 5.60 Å². The fraction of sp³-hybridized carbons (Fsp3) is 0.227. The van der Waals surface area contributed by atoms with Crippen LogP contribution < -0.4 is 0 Å². The van der Waals surface area contributed by atoms with Crippen molar-refractivity contribution in [3.05, 3.63) is 72.2 Å². The van der Waals surface area contributed by atoms with E-state index in [1.54, 1.807) is 32.1 Å². The van der Waals surface area contributed by atoms with Crippen LogP contribution in [0.1, 0.15) is 35.7 Å². The average Bonchev–Trinajstić information content (AvgIpc) is 3.08. The molecule has 1 aromatic carbocycles. The summed E-state index contributed by atoms with van der Waals surface area (Å²) in [7, 11) is 0. The molecule has 0 saturated carbocycles. The summed E-state index contributed by atoms with van der Waals surface area (Å²) < 4.78 is 5.47. The molecule has 0 aliphatic carbocycles. The molecule has 1 heterocycles. The van der Waals surface area contributed by atoms with Crippen LogP contribution in [0.25, 0.3) is 0 Å². The molecule has 0 saturated heterocycles. The maximum atomic E-state index is 12.6. The zero-order chi connectivity index (χ0) is 19.0. The third kappa shape index (κ3) is 6.02. The van der Waals surface area contributed by atoms with Crippen LogP contribution in [0.5, 0.6) is 0 Å². The Balaban J connectivity index is 2.11. The minimum absolute atomic E-state index is 0.174. The molecule has 2 aromatic rings. The second-order valence-corrected chi connectivity index (χ2v) is 6.12. The highest BCUT2D eigenvalue weighted by atomic mass is 16.4. The largest absolute Gasteiger partial charge is 0.443 e. The van der Waals surface area contributed by atoms with Gasteiger partial charge in [-0.15, -0.1) is 6.58 Å². The Morgan fingerprint density at radius 1 is 1.23 bits per heavy atom. The van der Waals surface area contributed by atoms with Gasteiger partial charge in [0.2, 0.25) is 0 Å². The van der Waals surface area contributed by atoms with E-state index >= 15 is 0 Å². The van der Waals surface area contributed by atoms with Crippen LogP contribution in [0, 0.1) is 23.7 Å². The molecule has 0 aliphatic rings. The Hall–Kier alpha value is -3.21. The first-order valence-electron chi connectivity index (χ1n) is 8.18. The van der Waals surface area contributed by atoms with E-state index < -0.39 is 5.60 Å². The molecule has 0 atom stereocenters. The highest BCUT2D eigenvalue weighted by Crippen LogP contribution is 2.11. The molecule has 4 heteroatoms. The van der Waals surface area contributed by atoms with Crippen LogP contribution in [0.3, 0.4) is 0 Å². The molecular weight excluding hydrogens is 326 g/mol. The fourth-order valence-corrected chi connectivity index (χ4v) is 2.02. The standard InChI is InChI=1S/C22H21NO3/c1-4-16-23(17-8-11-18-9-6-5-7-10-18)21(24)20-13-12-19(26-20)14-15-22(2,3)25/h4-7,9-10,12-13,25H,1,16-17H2,2-3H3. The van der Waals surface area contributed by atoms with E-state index in [0.29, 0.717) is 12.3 Å². The van der Waals surface area contributed by atoms with Gasteiger partial charge in [0.15, 0.2) is 11.5 Å². The number of rotatable bonds is 4. The van der Waals surface area contributed by atoms with Crippen molar-refractivity contribution < 1.29 is 14.3 Å². The number of carbonyl (C=O) groups excluding carboxylic acids is 1. The molecule has 0 spiro atoms. The Morgan fingerprint density at radius 2 is 1.96 bits per heavy atom. The maximum absolute atomic E-state index is 12.6. The lowest BCUT2D eigenvalue weighted by atomic mass is 10.1. The van der Waals surface area contributed by atoms with E-state index in [9.17, 15) is 9.90 Å². The summed E-state index contributed by atoms with van der Waals surface area (Å²) in [6.45, 7) is 7.44. The lowest BCUT2D eigenvalue weighted by Crippen LogP contribution is -2.31. The quantitative estimate of drug-likeness (QED) is 0.683. The van der Waals surface area contributed by atoms with Gasteiger partial charge in [-0.1, -0.05) is 42.0 Å². The summed E-state index contributed by atoms with van der Waals surface area (Å²) in [6, 6.07) is 12.7. The van der Waals surface area contributed by atoms with Crippen molar-refractivity contribution in [2.24, 2.45) is 0 Å². The molecule has 26 heavy (non-hydrogen) atoms. The molecule has 0 radical (unpaired) electrons. The highest BCUT2D eigenvalue weighted by Gasteiger charge is 2.17. The van der Waals surface area contributed by atoms with Crippen LogP contribution in [0.2, 0.25) is 0 Å². The summed E-state index contributed by atoms with van der Waals surface area (Å²) in [4.78, 5) is 14.1. The van der Waals surface area contributed by atoms with E-state index in [2.05, 4.69) is 30.3 Å². The van der Waals surface area contributed by atoms with E-state index in [1.807, 2.05) is 30.3 Å². The maximum Gasteiger partial charge on any atom is 0.290 e. The second kappa shape index (κ2) is 8.76. The Kier molecular flexibility index (Phi) is 6.44. The van der Waals surface area contributed by atoms with Crippen LogP contribution in [-0.4, -0.2) is 34.6 Å². The molecule has 2 rings (SSSR count). The summed E-state index contributed by atoms with van der Waals surface area (Å²) in [5.74, 6) is 11.6. The molecule has 4 nitrogen and oxygen atoms in total. The van der Waals surface area contributed by atoms with Crippen molar-refractivity contribution >= 4 is 5.91 Å². The highest BCUT2D eigenvalue weighted by molar-refractivity contribution is 5.92. The van der Waals surface area contributed by atoms with Gasteiger partial charge < -0.3 is 14.4 Å². The summed E-state index contributed by atoms with van der Waals surface area (Å²) in [6.07, 6.45) is 1.64. The molecule has 0 aliphatic heterocycles. The van der Waals surface area contributed by atoms with Crippen molar-refractivity contribution in [3.8, 4) is 23.7 Å². The van der Waals surface area contributed by atoms with E-state index in [0.717, 1.165) is 5.56 Å². The molecule has 0 fully saturated rings. The van der Waals surface area contributed by atoms with Gasteiger partial charge in [-0.25, -0.2) is 0 Å². The molecule has 1 amide bonds. The molecule has 1 N–H and O–H groups in total. The number of furan rings is 1. The van der Waals surface area contributed by atoms with E-state index in [-0.39, 0.29) is 18.2 Å². The van der Waals surface area contributed by atoms with Crippen molar-refractivity contribution in [2.45, 2.75) is 19.4 Å². The first-order chi connectivity index (χ1) is 12.4. The van der Waals surface area contributed by atoms with Crippen LogP contribution in [0.4, 0.5) is 0 Å². The topological polar surface area (TPSA) is 53.7 Å². The number of amides is 1. The first kappa shape index (κ1) is 19.1. The Morgan fingerprint density at radius 3 is 2.62 bits per heavy atom. The minimum atomic E-state index is -1.13. The number of hydrogen-bond donors (Lipinski definition) is 1. The number of carbonyl (C=O) groups is 1. The predicted molar refractivity (Wildman–Crippen MR) is 101 cm³/mol. The molecule has 1 aromatic heterocycles. The van der Waals surface area contributed by atoms with Gasteiger partial charge in [-0.3, -0.25) is 4.79 Å². The summed E-state index contributed by atoms with van der Waals surface area (Å²) in [5, 5.41) is 9.63. The smallest absolute Gasteiger partial charge is 0.290 e. The van der Waals surface area contributed by atoms with Gasteiger partial charge in [0, 0.05) is 12.1 Å². The first-order valence-corrected chi connectivity index (χ1v) is 8.18. The zero-order valence-electron chi connectivity index (χ0n) is 15.0. The monoisotopic (exact) mass is 347 g/mol. The van der Waals surface area contributed by atoms with Gasteiger partial charge in [-0.2, -0.15) is 0 Å². The Bertz CT molecular complexity index is 880. The number of hydrogen-bond acceptors (Lipinski definition) is 3. The zero-order valence-corrected chi connectivity index (χ0v) is 15.0. The van der Waals surface area contributed by atoms with Crippen molar-refractivity contribution in [1.29, 1.82) is 0 Å². The van der Waals surface area contributed by atoms with E-state index in [4.69, 9.17) is 4.42 Å². The van der Waals surface area contributed by atoms with Crippen LogP contribution >= 0.6 is 0 Å². The predicted octanol–water partition coefficient (Wildman–Crippen LogP) is 3.08. The summed E-state index contributed by atoms with van der Waals surface area (Å²) in [5.41, 5.74) is -0.237. The average molecular weight is 347 g/mol. The minimum Gasteiger partial charge on any atom is -0.443 e. The van der Waals surface area contributed by atoms with Crippen molar-refractivity contribution in [2.75, 3.05) is 13.1 Å². The second-order valence-electron chi connectivity index (χ2n) is 6.12. The fourth-order valence-electron chi connectivity index (χ4n) is 2.02. The van der Waals surface area contributed by atoms with Gasteiger partial charge in [-0.05, 0) is 44.0 Å². The normalized spacial score (nSPS) is 10.1. The van der Waals surface area contributed by atoms with Crippen molar-refractivity contribution in [1.82, 2.24) is 4.90 Å². The van der Waals surface area contributed by atoms with Crippen LogP contribution in [0.15, 0.2) is 59.5 Å². The van der Waals surface area contributed by atoms with Gasteiger partial charge in [0.25, 0.3) is 5.91 Å². The molecule has 0 unspecified atom stereocenters. The van der Waals surface area contributed by atoms with Crippen LogP contribution in [-0.2, 0) is 0 Å². The summed E-state index contributed by atoms with van der Waals surface area (Å²) >= 11 is 0. The lowest BCUT2D eigenvalue weighted by Gasteiger charge is -2.16. The third-order valence-corrected chi connectivity index (χ3v) is 3.22. The lowest BCUT2D eigenvalue weighted by molar-refractivity contribution is 0.0761. The van der Waals surface area contributed by atoms with Gasteiger partial charge in [0.05, 0.1) is 6.54 Å². The SMILES string of the molecule is C=CCN(CC#Cc1ccccc1)C(=O)c1ccc(C#CC(C)(C)O)o1. The Labute approximate surface area is 154 Å².